The molecule has 1 N–H and O–H groups in total. The highest BCUT2D eigenvalue weighted by molar-refractivity contribution is 6.41. The SMILES string of the molecule is COC(=O)C1=NC2=CCN(N[C@H]3CCc4c3ccc(C(=O)OC(C)(C)C)c4C)N2C=C1. The molecule has 1 atom stereocenters. The Morgan fingerprint density at radius 2 is 2.00 bits per heavy atom. The van der Waals surface area contributed by atoms with E-state index in [-0.39, 0.29) is 17.7 Å². The number of fused-ring (bicyclic) bond motifs is 2. The molecule has 0 amide bonds. The standard InChI is InChI=1S/C23H28N4O4/c1-14-15-8-9-18(17(15)7-6-16(14)21(28)31-23(2,3)4)25-27-13-11-20-24-19(22(29)30-5)10-12-26(20)27/h6-7,10-12,18,25H,8-9,13H2,1-5H3/t18-/m0/s1. The molecule has 164 valence electrons. The van der Waals surface area contributed by atoms with Crippen molar-refractivity contribution < 1.29 is 19.1 Å². The second-order valence-corrected chi connectivity index (χ2v) is 8.82. The molecule has 8 heteroatoms. The van der Waals surface area contributed by atoms with Gasteiger partial charge in [0.1, 0.15) is 11.4 Å². The van der Waals surface area contributed by atoms with Gasteiger partial charge >= 0.3 is 11.9 Å². The molecule has 2 heterocycles. The number of methoxy groups -OCH3 is 1. The lowest BCUT2D eigenvalue weighted by atomic mass is 9.98. The first-order valence-corrected chi connectivity index (χ1v) is 10.4. The lowest BCUT2D eigenvalue weighted by Crippen LogP contribution is -2.46. The van der Waals surface area contributed by atoms with Crippen molar-refractivity contribution in [1.29, 1.82) is 0 Å². The highest BCUT2D eigenvalue weighted by Crippen LogP contribution is 2.36. The summed E-state index contributed by atoms with van der Waals surface area (Å²) in [5.41, 5.74) is 7.33. The number of hydrogen-bond acceptors (Lipinski definition) is 8. The van der Waals surface area contributed by atoms with E-state index in [4.69, 9.17) is 9.47 Å². The van der Waals surface area contributed by atoms with Crippen LogP contribution in [0.1, 0.15) is 60.3 Å². The maximum Gasteiger partial charge on any atom is 0.356 e. The minimum Gasteiger partial charge on any atom is -0.464 e. The second-order valence-electron chi connectivity index (χ2n) is 8.82. The highest BCUT2D eigenvalue weighted by atomic mass is 16.6. The van der Waals surface area contributed by atoms with Crippen LogP contribution in [0.5, 0.6) is 0 Å². The number of hydrogen-bond donors (Lipinski definition) is 1. The van der Waals surface area contributed by atoms with Gasteiger partial charge in [-0.05, 0) is 75.4 Å². The van der Waals surface area contributed by atoms with Crippen LogP contribution in [0.2, 0.25) is 0 Å². The van der Waals surface area contributed by atoms with Gasteiger partial charge in [-0.1, -0.05) is 6.07 Å². The van der Waals surface area contributed by atoms with Gasteiger partial charge < -0.3 is 9.47 Å². The van der Waals surface area contributed by atoms with Gasteiger partial charge in [0, 0.05) is 12.2 Å². The molecule has 0 radical (unpaired) electrons. The van der Waals surface area contributed by atoms with Gasteiger partial charge in [-0.15, -0.1) is 5.12 Å². The number of carbonyl (C=O) groups is 2. The van der Waals surface area contributed by atoms with Crippen molar-refractivity contribution in [2.24, 2.45) is 4.99 Å². The minimum absolute atomic E-state index is 0.119. The summed E-state index contributed by atoms with van der Waals surface area (Å²) >= 11 is 0. The lowest BCUT2D eigenvalue weighted by Gasteiger charge is -2.32. The third kappa shape index (κ3) is 4.13. The Labute approximate surface area is 182 Å². The molecule has 4 rings (SSSR count). The van der Waals surface area contributed by atoms with E-state index in [0.717, 1.165) is 18.4 Å². The van der Waals surface area contributed by atoms with Gasteiger partial charge in [0.15, 0.2) is 5.71 Å². The third-order valence-electron chi connectivity index (χ3n) is 5.56. The number of nitrogens with one attached hydrogen (secondary N) is 1. The van der Waals surface area contributed by atoms with Crippen molar-refractivity contribution in [3.05, 3.63) is 58.6 Å². The first-order valence-electron chi connectivity index (χ1n) is 10.4. The summed E-state index contributed by atoms with van der Waals surface area (Å²) in [6.45, 7) is 8.24. The zero-order chi connectivity index (χ0) is 22.3. The number of ether oxygens (including phenoxy) is 2. The summed E-state index contributed by atoms with van der Waals surface area (Å²) in [5.74, 6) is -0.0513. The molecule has 1 aromatic carbocycles. The van der Waals surface area contributed by atoms with E-state index in [0.29, 0.717) is 17.9 Å². The van der Waals surface area contributed by atoms with Crippen LogP contribution in [0, 0.1) is 6.92 Å². The molecule has 0 aromatic heterocycles. The van der Waals surface area contributed by atoms with Crippen LogP contribution >= 0.6 is 0 Å². The van der Waals surface area contributed by atoms with E-state index in [1.165, 1.54) is 18.2 Å². The first kappa shape index (κ1) is 21.3. The summed E-state index contributed by atoms with van der Waals surface area (Å²) in [6, 6.07) is 4.01. The molecule has 1 aromatic rings. The lowest BCUT2D eigenvalue weighted by molar-refractivity contribution is -0.132. The molecular formula is C23H28N4O4. The van der Waals surface area contributed by atoms with Crippen LogP contribution < -0.4 is 5.43 Å². The molecule has 0 saturated carbocycles. The van der Waals surface area contributed by atoms with Gasteiger partial charge in [-0.2, -0.15) is 0 Å². The third-order valence-corrected chi connectivity index (χ3v) is 5.56. The number of nitrogens with zero attached hydrogens (tertiary/aromatic N) is 3. The molecule has 0 bridgehead atoms. The molecule has 2 aliphatic heterocycles. The van der Waals surface area contributed by atoms with Crippen molar-refractivity contribution in [2.45, 2.75) is 52.2 Å². The summed E-state index contributed by atoms with van der Waals surface area (Å²) in [6.07, 6.45) is 7.21. The van der Waals surface area contributed by atoms with Gasteiger partial charge in [-0.25, -0.2) is 20.0 Å². The summed E-state index contributed by atoms with van der Waals surface area (Å²) < 4.78 is 10.3. The molecule has 0 spiro atoms. The van der Waals surface area contributed by atoms with Crippen molar-refractivity contribution >= 4 is 17.7 Å². The smallest absolute Gasteiger partial charge is 0.356 e. The van der Waals surface area contributed by atoms with E-state index in [9.17, 15) is 9.59 Å². The van der Waals surface area contributed by atoms with E-state index in [2.05, 4.69) is 10.4 Å². The Kier molecular flexibility index (Phi) is 5.45. The van der Waals surface area contributed by atoms with Crippen LogP contribution in [0.15, 0.2) is 41.3 Å². The Bertz CT molecular complexity index is 1020. The van der Waals surface area contributed by atoms with Gasteiger partial charge in [0.25, 0.3) is 0 Å². The molecule has 8 nitrogen and oxygen atoms in total. The fourth-order valence-electron chi connectivity index (χ4n) is 4.11. The minimum atomic E-state index is -0.523. The summed E-state index contributed by atoms with van der Waals surface area (Å²) in [7, 11) is 1.34. The zero-order valence-electron chi connectivity index (χ0n) is 18.6. The van der Waals surface area contributed by atoms with E-state index in [1.54, 1.807) is 12.3 Å². The number of hydrazine groups is 2. The van der Waals surface area contributed by atoms with E-state index >= 15 is 0 Å². The number of aliphatic imine (C=N–C) groups is 1. The van der Waals surface area contributed by atoms with Gasteiger partial charge in [0.2, 0.25) is 0 Å². The van der Waals surface area contributed by atoms with Crippen LogP contribution in [-0.4, -0.2) is 47.0 Å². The average molecular weight is 425 g/mol. The quantitative estimate of drug-likeness (QED) is 0.744. The largest absolute Gasteiger partial charge is 0.464 e. The summed E-state index contributed by atoms with van der Waals surface area (Å²) in [4.78, 5) is 28.7. The second kappa shape index (κ2) is 7.94. The molecule has 31 heavy (non-hydrogen) atoms. The predicted octanol–water partition coefficient (Wildman–Crippen LogP) is 2.96. The normalized spacial score (nSPS) is 20.2. The first-order chi connectivity index (χ1) is 14.7. The Hall–Kier alpha value is -2.97. The number of carbonyl (C=O) groups excluding carboxylic acids is 2. The maximum absolute atomic E-state index is 12.6. The molecule has 3 aliphatic rings. The van der Waals surface area contributed by atoms with Gasteiger partial charge in [0.05, 0.1) is 19.2 Å². The topological polar surface area (TPSA) is 83.5 Å². The van der Waals surface area contributed by atoms with Crippen LogP contribution in [-0.2, 0) is 20.7 Å². The highest BCUT2D eigenvalue weighted by Gasteiger charge is 2.32. The number of rotatable bonds is 4. The molecular weight excluding hydrogens is 396 g/mol. The van der Waals surface area contributed by atoms with Crippen molar-refractivity contribution in [3.8, 4) is 0 Å². The number of esters is 2. The van der Waals surface area contributed by atoms with Crippen LogP contribution in [0.4, 0.5) is 0 Å². The Balaban J connectivity index is 1.48. The zero-order valence-corrected chi connectivity index (χ0v) is 18.6. The molecule has 0 unspecified atom stereocenters. The fourth-order valence-corrected chi connectivity index (χ4v) is 4.11. The van der Waals surface area contributed by atoms with Crippen LogP contribution in [0.25, 0.3) is 0 Å². The molecule has 0 fully saturated rings. The fraction of sp³-hybridized carbons (Fsp3) is 0.435. The average Bonchev–Trinajstić information content (AvgIpc) is 3.31. The van der Waals surface area contributed by atoms with Crippen LogP contribution in [0.3, 0.4) is 0 Å². The van der Waals surface area contributed by atoms with Crippen molar-refractivity contribution in [1.82, 2.24) is 15.6 Å². The van der Waals surface area contributed by atoms with Gasteiger partial charge in [-0.3, -0.25) is 5.01 Å². The van der Waals surface area contributed by atoms with E-state index in [1.807, 2.05) is 56.0 Å². The Morgan fingerprint density at radius 3 is 2.71 bits per heavy atom. The molecule has 0 saturated heterocycles. The molecule has 1 aliphatic carbocycles. The van der Waals surface area contributed by atoms with E-state index < -0.39 is 11.6 Å². The number of benzene rings is 1. The van der Waals surface area contributed by atoms with Crippen molar-refractivity contribution in [3.63, 3.8) is 0 Å². The maximum atomic E-state index is 12.6. The predicted molar refractivity (Wildman–Crippen MR) is 116 cm³/mol. The van der Waals surface area contributed by atoms with Crippen molar-refractivity contribution in [2.75, 3.05) is 13.7 Å². The monoisotopic (exact) mass is 424 g/mol. The Morgan fingerprint density at radius 1 is 1.23 bits per heavy atom. The summed E-state index contributed by atoms with van der Waals surface area (Å²) in [5, 5.41) is 3.85.